The predicted molar refractivity (Wildman–Crippen MR) is 162 cm³/mol. The number of ether oxygens (including phenoxy) is 2. The molecule has 3 amide bonds. The Morgan fingerprint density at radius 1 is 0.952 bits per heavy atom. The number of thiazole rings is 1. The molecule has 1 aromatic heterocycles. The quantitative estimate of drug-likeness (QED) is 0.290. The average molecular weight is 602 g/mol. The van der Waals surface area contributed by atoms with Crippen molar-refractivity contribution < 1.29 is 23.9 Å². The molecule has 9 nitrogen and oxygen atoms in total. The Kier molecular flexibility index (Phi) is 7.38. The highest BCUT2D eigenvalue weighted by Gasteiger charge is 2.56. The van der Waals surface area contributed by atoms with E-state index in [1.807, 2.05) is 44.2 Å². The van der Waals surface area contributed by atoms with Gasteiger partial charge in [0.05, 0.1) is 23.7 Å². The number of rotatable bonds is 7. The van der Waals surface area contributed by atoms with E-state index in [4.69, 9.17) is 9.47 Å². The van der Waals surface area contributed by atoms with Crippen LogP contribution < -0.4 is 24.6 Å². The molecule has 3 aromatic carbocycles. The first-order valence-corrected chi connectivity index (χ1v) is 14.9. The van der Waals surface area contributed by atoms with Crippen LogP contribution in [0.25, 0.3) is 0 Å². The third-order valence-electron chi connectivity index (χ3n) is 7.32. The Labute approximate surface area is 249 Å². The van der Waals surface area contributed by atoms with Crippen LogP contribution in [0, 0.1) is 19.8 Å². The number of aryl methyl sites for hydroxylation is 2. The Bertz CT molecular complexity index is 1760. The van der Waals surface area contributed by atoms with E-state index in [0.29, 0.717) is 38.3 Å². The van der Waals surface area contributed by atoms with Gasteiger partial charge in [0, 0.05) is 16.5 Å². The van der Waals surface area contributed by atoms with Crippen LogP contribution in [0.4, 0.5) is 11.4 Å². The van der Waals surface area contributed by atoms with Gasteiger partial charge in [-0.25, -0.2) is 4.90 Å². The van der Waals surface area contributed by atoms with Crippen LogP contribution in [0.1, 0.15) is 27.5 Å². The monoisotopic (exact) mass is 601 g/mol. The highest BCUT2D eigenvalue weighted by Crippen LogP contribution is 2.53. The van der Waals surface area contributed by atoms with Gasteiger partial charge in [-0.3, -0.25) is 19.2 Å². The third kappa shape index (κ3) is 5.10. The number of aromatic amines is 1. The highest BCUT2D eigenvalue weighted by molar-refractivity contribution is 8.00. The second kappa shape index (κ2) is 11.1. The third-order valence-corrected chi connectivity index (χ3v) is 9.72. The zero-order valence-corrected chi connectivity index (χ0v) is 24.6. The van der Waals surface area contributed by atoms with Gasteiger partial charge in [0.25, 0.3) is 5.91 Å². The number of amides is 3. The smallest absolute Gasteiger partial charge is 0.305 e. The Hall–Kier alpha value is -4.35. The molecule has 0 saturated carbocycles. The Morgan fingerprint density at radius 2 is 1.74 bits per heavy atom. The van der Waals surface area contributed by atoms with Gasteiger partial charge in [0.2, 0.25) is 11.8 Å². The molecule has 214 valence electrons. The lowest BCUT2D eigenvalue weighted by Crippen LogP contribution is -2.32. The molecule has 1 saturated heterocycles. The minimum absolute atomic E-state index is 0.240. The van der Waals surface area contributed by atoms with Crippen LogP contribution in [-0.2, 0) is 14.4 Å². The number of hydrogen-bond donors (Lipinski definition) is 2. The predicted octanol–water partition coefficient (Wildman–Crippen LogP) is 4.88. The number of nitrogens with one attached hydrogen (secondary N) is 2. The maximum atomic E-state index is 13.9. The number of carbonyl (C=O) groups excluding carboxylic acids is 3. The van der Waals surface area contributed by atoms with E-state index in [-0.39, 0.29) is 29.2 Å². The number of imide groups is 1. The molecule has 6 rings (SSSR count). The summed E-state index contributed by atoms with van der Waals surface area (Å²) in [4.78, 5) is 57.0. The van der Waals surface area contributed by atoms with Crippen molar-refractivity contribution in [2.75, 3.05) is 23.9 Å². The number of anilines is 2. The van der Waals surface area contributed by atoms with E-state index in [1.54, 1.807) is 36.4 Å². The summed E-state index contributed by atoms with van der Waals surface area (Å²) in [5.74, 6) is -1.53. The zero-order valence-electron chi connectivity index (χ0n) is 23.0. The summed E-state index contributed by atoms with van der Waals surface area (Å²) in [5.41, 5.74) is 3.93. The molecule has 2 aliphatic heterocycles. The molecule has 3 heterocycles. The lowest BCUT2D eigenvalue weighted by Gasteiger charge is -2.30. The van der Waals surface area contributed by atoms with Crippen LogP contribution in [0.3, 0.4) is 0 Å². The van der Waals surface area contributed by atoms with E-state index >= 15 is 0 Å². The van der Waals surface area contributed by atoms with E-state index in [0.717, 1.165) is 22.5 Å². The number of aromatic nitrogens is 1. The summed E-state index contributed by atoms with van der Waals surface area (Å²) in [6.07, 6.45) is 0. The van der Waals surface area contributed by atoms with E-state index < -0.39 is 17.1 Å². The minimum atomic E-state index is -0.723. The first-order valence-electron chi connectivity index (χ1n) is 13.2. The Balaban J connectivity index is 1.30. The molecule has 0 bridgehead atoms. The van der Waals surface area contributed by atoms with Crippen molar-refractivity contribution in [3.05, 3.63) is 98.0 Å². The topological polar surface area (TPSA) is 118 Å². The highest BCUT2D eigenvalue weighted by atomic mass is 32.2. The second-order valence-corrected chi connectivity index (χ2v) is 12.4. The molecule has 2 N–H and O–H groups in total. The number of H-pyrrole nitrogens is 1. The van der Waals surface area contributed by atoms with Crippen LogP contribution >= 0.6 is 23.1 Å². The normalized spacial score (nSPS) is 19.3. The van der Waals surface area contributed by atoms with Gasteiger partial charge >= 0.3 is 4.87 Å². The summed E-state index contributed by atoms with van der Waals surface area (Å²) in [6.45, 7) is 3.64. The molecule has 1 fully saturated rings. The lowest BCUT2D eigenvalue weighted by atomic mass is 9.83. The van der Waals surface area contributed by atoms with Crippen LogP contribution in [-0.4, -0.2) is 41.7 Å². The molecule has 42 heavy (non-hydrogen) atoms. The fourth-order valence-corrected chi connectivity index (χ4v) is 7.90. The number of fused-ring (bicyclic) bond motifs is 2. The molecular weight excluding hydrogens is 574 g/mol. The average Bonchev–Trinajstić information content (AvgIpc) is 3.46. The number of hydrogen-bond acceptors (Lipinski definition) is 8. The van der Waals surface area contributed by atoms with Crippen LogP contribution in [0.2, 0.25) is 0 Å². The van der Waals surface area contributed by atoms with Crippen molar-refractivity contribution in [3.63, 3.8) is 0 Å². The minimum Gasteiger partial charge on any atom is -0.493 e. The first-order chi connectivity index (χ1) is 20.2. The number of nitrogens with zero attached hydrogens (tertiary/aromatic N) is 1. The van der Waals surface area contributed by atoms with E-state index in [1.165, 1.54) is 23.8 Å². The van der Waals surface area contributed by atoms with Crippen molar-refractivity contribution in [3.8, 4) is 11.5 Å². The largest absolute Gasteiger partial charge is 0.493 e. The van der Waals surface area contributed by atoms with E-state index in [2.05, 4.69) is 10.3 Å². The summed E-state index contributed by atoms with van der Waals surface area (Å²) in [7, 11) is 1.49. The summed E-state index contributed by atoms with van der Waals surface area (Å²) >= 11 is 2.27. The van der Waals surface area contributed by atoms with Gasteiger partial charge in [-0.1, -0.05) is 59.0 Å². The molecule has 2 unspecified atom stereocenters. The first kappa shape index (κ1) is 27.8. The maximum absolute atomic E-state index is 13.9. The van der Waals surface area contributed by atoms with Gasteiger partial charge in [-0.05, 0) is 61.4 Å². The van der Waals surface area contributed by atoms with E-state index in [9.17, 15) is 19.2 Å². The molecule has 11 heteroatoms. The molecule has 4 aromatic rings. The molecule has 0 radical (unpaired) electrons. The van der Waals surface area contributed by atoms with Gasteiger partial charge in [0.15, 0.2) is 18.1 Å². The van der Waals surface area contributed by atoms with Crippen molar-refractivity contribution in [2.24, 2.45) is 5.92 Å². The van der Waals surface area contributed by atoms with Crippen molar-refractivity contribution in [2.45, 2.75) is 30.0 Å². The van der Waals surface area contributed by atoms with Gasteiger partial charge in [-0.15, -0.1) is 0 Å². The zero-order chi connectivity index (χ0) is 29.5. The van der Waals surface area contributed by atoms with Gasteiger partial charge in [0.1, 0.15) is 5.25 Å². The van der Waals surface area contributed by atoms with Crippen LogP contribution in [0.5, 0.6) is 11.5 Å². The number of carbonyl (C=O) groups is 3. The standard InChI is InChI=1S/C31H27N3O6S2/c1-16-7-10-20(11-8-16)34-29(36)25-24(26-28(33-31(38)42-26)41-27(25)30(34)37)18-9-12-21(22(14-18)39-3)40-15-23(35)32-19-6-4-5-17(2)13-19/h4-14,24-25,27H,15H2,1-3H3,(H,32,35)(H,33,38)/t24-,25?,27?/m1/s1. The SMILES string of the molecule is COc1cc([C@H]2c3sc(=O)[nH]c3SC3C(=O)N(c4ccc(C)cc4)C(=O)C32)ccc1OCC(=O)Nc1cccc(C)c1. The maximum Gasteiger partial charge on any atom is 0.305 e. The second-order valence-electron chi connectivity index (χ2n) is 10.2. The molecule has 0 aliphatic carbocycles. The lowest BCUT2D eigenvalue weighted by molar-refractivity contribution is -0.122. The van der Waals surface area contributed by atoms with Crippen molar-refractivity contribution in [1.82, 2.24) is 4.98 Å². The Morgan fingerprint density at radius 3 is 2.48 bits per heavy atom. The van der Waals surface area contributed by atoms with Crippen molar-refractivity contribution in [1.29, 1.82) is 0 Å². The van der Waals surface area contributed by atoms with Crippen molar-refractivity contribution >= 4 is 52.2 Å². The summed E-state index contributed by atoms with van der Waals surface area (Å²) in [6, 6.07) is 19.9. The van der Waals surface area contributed by atoms with Crippen LogP contribution in [0.15, 0.2) is 76.6 Å². The number of thioether (sulfide) groups is 1. The molecule has 0 spiro atoms. The fourth-order valence-electron chi connectivity index (χ4n) is 5.38. The molecular formula is C31H27N3O6S2. The fraction of sp³-hybridized carbons (Fsp3) is 0.226. The number of benzene rings is 3. The van der Waals surface area contributed by atoms with Gasteiger partial charge < -0.3 is 19.8 Å². The summed E-state index contributed by atoms with van der Waals surface area (Å²) in [5, 5.41) is 2.70. The molecule has 3 atom stereocenters. The summed E-state index contributed by atoms with van der Waals surface area (Å²) < 4.78 is 11.4. The van der Waals surface area contributed by atoms with Gasteiger partial charge in [-0.2, -0.15) is 0 Å². The number of methoxy groups -OCH3 is 1. The molecule has 2 aliphatic rings.